The van der Waals surface area contributed by atoms with Gasteiger partial charge in [-0.3, -0.25) is 10.1 Å². The van der Waals surface area contributed by atoms with Gasteiger partial charge in [0.25, 0.3) is 0 Å². The van der Waals surface area contributed by atoms with E-state index in [9.17, 15) is 4.79 Å². The third-order valence-corrected chi connectivity index (χ3v) is 1.35. The van der Waals surface area contributed by atoms with Crippen molar-refractivity contribution >= 4 is 11.9 Å². The summed E-state index contributed by atoms with van der Waals surface area (Å²) < 4.78 is 0. The first kappa shape index (κ1) is 8.77. The predicted octanol–water partition coefficient (Wildman–Crippen LogP) is 1.39. The van der Waals surface area contributed by atoms with E-state index in [0.717, 1.165) is 0 Å². The van der Waals surface area contributed by atoms with Crippen molar-refractivity contribution in [3.05, 3.63) is 12.4 Å². The van der Waals surface area contributed by atoms with Crippen LogP contribution in [0.15, 0.2) is 12.4 Å². The van der Waals surface area contributed by atoms with Gasteiger partial charge in [0, 0.05) is 18.8 Å². The van der Waals surface area contributed by atoms with Crippen molar-refractivity contribution in [1.29, 1.82) is 0 Å². The second-order valence-electron chi connectivity index (χ2n) is 3.08. The van der Waals surface area contributed by atoms with Gasteiger partial charge in [0.1, 0.15) is 0 Å². The van der Waals surface area contributed by atoms with E-state index < -0.39 is 0 Å². The lowest BCUT2D eigenvalue weighted by Gasteiger charge is -2.03. The fraction of sp³-hybridized carbons (Fsp3) is 0.500. The molecule has 2 N–H and O–H groups in total. The lowest BCUT2D eigenvalue weighted by molar-refractivity contribution is -0.116. The van der Waals surface area contributed by atoms with Crippen molar-refractivity contribution in [2.75, 3.05) is 5.32 Å². The van der Waals surface area contributed by atoms with Gasteiger partial charge >= 0.3 is 0 Å². The number of hydrogen-bond donors (Lipinski definition) is 2. The molecule has 0 unspecified atom stereocenters. The number of amides is 1. The highest BCUT2D eigenvalue weighted by Crippen LogP contribution is 2.02. The van der Waals surface area contributed by atoms with Crippen LogP contribution in [0.3, 0.4) is 0 Å². The quantitative estimate of drug-likeness (QED) is 0.714. The first-order chi connectivity index (χ1) is 5.68. The molecule has 1 heterocycles. The molecule has 0 fully saturated rings. The maximum Gasteiger partial charge on any atom is 0.226 e. The molecular weight excluding hydrogens is 154 g/mol. The van der Waals surface area contributed by atoms with Crippen LogP contribution >= 0.6 is 0 Å². The summed E-state index contributed by atoms with van der Waals surface area (Å²) in [5, 5.41) is 2.65. The Morgan fingerprint density at radius 2 is 2.50 bits per heavy atom. The number of H-pyrrole nitrogens is 1. The molecule has 1 aromatic rings. The normalized spacial score (nSPS) is 10.2. The number of nitrogens with zero attached hydrogens (tertiary/aromatic N) is 1. The zero-order valence-corrected chi connectivity index (χ0v) is 7.29. The number of carbonyl (C=O) groups is 1. The number of rotatable bonds is 3. The zero-order valence-electron chi connectivity index (χ0n) is 7.29. The van der Waals surface area contributed by atoms with Gasteiger partial charge in [0.2, 0.25) is 11.9 Å². The number of imidazole rings is 1. The number of hydrogen-bond acceptors (Lipinski definition) is 2. The van der Waals surface area contributed by atoms with Crippen molar-refractivity contribution in [2.45, 2.75) is 20.3 Å². The lowest BCUT2D eigenvalue weighted by atomic mass is 10.1. The number of aromatic amines is 1. The van der Waals surface area contributed by atoms with Crippen LogP contribution in [0.4, 0.5) is 5.95 Å². The Labute approximate surface area is 71.4 Å². The minimum absolute atomic E-state index is 0.0000463. The van der Waals surface area contributed by atoms with Gasteiger partial charge in [-0.2, -0.15) is 0 Å². The molecule has 0 spiro atoms. The molecule has 4 heteroatoms. The molecule has 0 aliphatic heterocycles. The lowest BCUT2D eigenvalue weighted by Crippen LogP contribution is -2.14. The highest BCUT2D eigenvalue weighted by Gasteiger charge is 2.05. The maximum atomic E-state index is 11.1. The fourth-order valence-electron chi connectivity index (χ4n) is 0.888. The van der Waals surface area contributed by atoms with Gasteiger partial charge in [-0.1, -0.05) is 13.8 Å². The highest BCUT2D eigenvalue weighted by molar-refractivity contribution is 5.88. The molecule has 4 nitrogen and oxygen atoms in total. The van der Waals surface area contributed by atoms with Crippen LogP contribution in [0, 0.1) is 5.92 Å². The van der Waals surface area contributed by atoms with Gasteiger partial charge < -0.3 is 4.98 Å². The van der Waals surface area contributed by atoms with Crippen LogP contribution < -0.4 is 5.32 Å². The molecule has 0 saturated carbocycles. The Morgan fingerprint density at radius 3 is 3.00 bits per heavy atom. The Morgan fingerprint density at radius 1 is 1.75 bits per heavy atom. The summed E-state index contributed by atoms with van der Waals surface area (Å²) in [5.41, 5.74) is 0. The molecule has 0 aromatic carbocycles. The molecule has 0 aliphatic carbocycles. The number of anilines is 1. The molecule has 1 amide bonds. The van der Waals surface area contributed by atoms with Crippen LogP contribution in [-0.4, -0.2) is 15.9 Å². The Hall–Kier alpha value is -1.32. The van der Waals surface area contributed by atoms with Crippen molar-refractivity contribution in [3.8, 4) is 0 Å². The monoisotopic (exact) mass is 167 g/mol. The molecule has 12 heavy (non-hydrogen) atoms. The second kappa shape index (κ2) is 3.90. The number of aromatic nitrogens is 2. The van der Waals surface area contributed by atoms with Crippen LogP contribution in [0.2, 0.25) is 0 Å². The fourth-order valence-corrected chi connectivity index (χ4v) is 0.888. The van der Waals surface area contributed by atoms with Gasteiger partial charge in [-0.15, -0.1) is 0 Å². The first-order valence-electron chi connectivity index (χ1n) is 3.97. The minimum Gasteiger partial charge on any atom is -0.331 e. The standard InChI is InChI=1S/C8H13N3O/c1-6(2)5-7(12)11-8-9-3-4-10-8/h3-4,6H,5H2,1-2H3,(H2,9,10,11,12). The summed E-state index contributed by atoms with van der Waals surface area (Å²) >= 11 is 0. The Bertz CT molecular complexity index is 241. The largest absolute Gasteiger partial charge is 0.331 e. The highest BCUT2D eigenvalue weighted by atomic mass is 16.1. The topological polar surface area (TPSA) is 57.8 Å². The summed E-state index contributed by atoms with van der Waals surface area (Å²) in [6, 6.07) is 0. The number of carbonyl (C=O) groups excluding carboxylic acids is 1. The van der Waals surface area contributed by atoms with Crippen LogP contribution in [0.1, 0.15) is 20.3 Å². The summed E-state index contributed by atoms with van der Waals surface area (Å²) in [7, 11) is 0. The van der Waals surface area contributed by atoms with E-state index in [2.05, 4.69) is 15.3 Å². The molecular formula is C8H13N3O. The third-order valence-electron chi connectivity index (χ3n) is 1.35. The third kappa shape index (κ3) is 2.74. The summed E-state index contributed by atoms with van der Waals surface area (Å²) in [4.78, 5) is 17.8. The summed E-state index contributed by atoms with van der Waals surface area (Å²) in [6.07, 6.45) is 3.80. The molecule has 1 rings (SSSR count). The van der Waals surface area contributed by atoms with E-state index in [0.29, 0.717) is 18.3 Å². The van der Waals surface area contributed by atoms with Crippen molar-refractivity contribution in [3.63, 3.8) is 0 Å². The minimum atomic E-state index is -0.0000463. The SMILES string of the molecule is CC(C)CC(=O)Nc1ncc[nH]1. The van der Waals surface area contributed by atoms with Crippen molar-refractivity contribution in [2.24, 2.45) is 5.92 Å². The summed E-state index contributed by atoms with van der Waals surface area (Å²) in [6.45, 7) is 4.00. The molecule has 66 valence electrons. The molecule has 0 radical (unpaired) electrons. The molecule has 0 atom stereocenters. The van der Waals surface area contributed by atoms with Crippen LogP contribution in [0.25, 0.3) is 0 Å². The van der Waals surface area contributed by atoms with E-state index in [-0.39, 0.29) is 5.91 Å². The average molecular weight is 167 g/mol. The van der Waals surface area contributed by atoms with E-state index in [1.807, 2.05) is 13.8 Å². The van der Waals surface area contributed by atoms with Gasteiger partial charge in [-0.25, -0.2) is 4.98 Å². The Balaban J connectivity index is 2.37. The van der Waals surface area contributed by atoms with Crippen LogP contribution in [-0.2, 0) is 4.79 Å². The van der Waals surface area contributed by atoms with Gasteiger partial charge in [0.05, 0.1) is 0 Å². The molecule has 0 aliphatic rings. The van der Waals surface area contributed by atoms with E-state index in [1.165, 1.54) is 0 Å². The van der Waals surface area contributed by atoms with Crippen LogP contribution in [0.5, 0.6) is 0 Å². The van der Waals surface area contributed by atoms with Gasteiger partial charge in [-0.05, 0) is 5.92 Å². The van der Waals surface area contributed by atoms with E-state index in [4.69, 9.17) is 0 Å². The molecule has 0 saturated heterocycles. The predicted molar refractivity (Wildman–Crippen MR) is 46.7 cm³/mol. The van der Waals surface area contributed by atoms with Crippen molar-refractivity contribution < 1.29 is 4.79 Å². The summed E-state index contributed by atoms with van der Waals surface area (Å²) in [5.74, 6) is 0.889. The van der Waals surface area contributed by atoms with Crippen molar-refractivity contribution in [1.82, 2.24) is 9.97 Å². The smallest absolute Gasteiger partial charge is 0.226 e. The zero-order chi connectivity index (χ0) is 8.97. The Kier molecular flexibility index (Phi) is 2.85. The second-order valence-corrected chi connectivity index (χ2v) is 3.08. The first-order valence-corrected chi connectivity index (χ1v) is 3.97. The van der Waals surface area contributed by atoms with E-state index >= 15 is 0 Å². The number of nitrogens with one attached hydrogen (secondary N) is 2. The average Bonchev–Trinajstić information content (AvgIpc) is 2.37. The molecule has 1 aromatic heterocycles. The molecule has 0 bridgehead atoms. The van der Waals surface area contributed by atoms with Gasteiger partial charge in [0.15, 0.2) is 0 Å². The van der Waals surface area contributed by atoms with E-state index in [1.54, 1.807) is 12.4 Å². The maximum absolute atomic E-state index is 11.1.